The lowest BCUT2D eigenvalue weighted by Gasteiger charge is -2.23. The summed E-state index contributed by atoms with van der Waals surface area (Å²) in [7, 11) is 1.94. The number of rotatable bonds is 5. The molecule has 1 aliphatic heterocycles. The molecule has 5 heteroatoms. The van der Waals surface area contributed by atoms with Crippen molar-refractivity contribution < 1.29 is 4.74 Å². The fourth-order valence-corrected chi connectivity index (χ4v) is 2.21. The van der Waals surface area contributed by atoms with Gasteiger partial charge in [0.2, 0.25) is 0 Å². The molecule has 1 aliphatic rings. The minimum atomic E-state index is 0.322. The van der Waals surface area contributed by atoms with E-state index in [1.54, 1.807) is 0 Å². The van der Waals surface area contributed by atoms with Crippen LogP contribution in [0.5, 0.6) is 0 Å². The van der Waals surface area contributed by atoms with Crippen molar-refractivity contribution in [3.05, 3.63) is 11.9 Å². The number of hydrogen-bond acceptors (Lipinski definition) is 4. The largest absolute Gasteiger partial charge is 0.381 e. The van der Waals surface area contributed by atoms with Gasteiger partial charge < -0.3 is 10.1 Å². The van der Waals surface area contributed by atoms with Crippen LogP contribution in [0, 0.1) is 5.92 Å². The molecule has 0 spiro atoms. The molecule has 0 bridgehead atoms. The molecule has 1 aromatic heterocycles. The normalized spacial score (nSPS) is 22.5. The van der Waals surface area contributed by atoms with Crippen molar-refractivity contribution in [2.75, 3.05) is 19.8 Å². The number of aromatic nitrogens is 3. The summed E-state index contributed by atoms with van der Waals surface area (Å²) in [5.41, 5.74) is 1.16. The van der Waals surface area contributed by atoms with Gasteiger partial charge in [-0.25, -0.2) is 0 Å². The molecule has 1 fully saturated rings. The smallest absolute Gasteiger partial charge is 0.0756 e. The lowest BCUT2D eigenvalue weighted by molar-refractivity contribution is 0.175. The van der Waals surface area contributed by atoms with Gasteiger partial charge >= 0.3 is 0 Å². The molecule has 16 heavy (non-hydrogen) atoms. The molecular formula is C11H20N4O. The Morgan fingerprint density at radius 3 is 3.12 bits per heavy atom. The molecule has 0 radical (unpaired) electrons. The molecule has 1 saturated heterocycles. The third-order valence-corrected chi connectivity index (χ3v) is 3.12. The summed E-state index contributed by atoms with van der Waals surface area (Å²) in [5.74, 6) is 0.545. The van der Waals surface area contributed by atoms with E-state index in [4.69, 9.17) is 4.74 Å². The molecule has 5 nitrogen and oxygen atoms in total. The van der Waals surface area contributed by atoms with Gasteiger partial charge in [0.15, 0.2) is 0 Å². The average molecular weight is 224 g/mol. The van der Waals surface area contributed by atoms with E-state index in [9.17, 15) is 0 Å². The Bertz CT molecular complexity index is 320. The van der Waals surface area contributed by atoms with Crippen molar-refractivity contribution in [1.29, 1.82) is 0 Å². The molecule has 0 amide bonds. The Labute approximate surface area is 96.2 Å². The first kappa shape index (κ1) is 11.5. The fraction of sp³-hybridized carbons (Fsp3) is 0.818. The Balaban J connectivity index is 2.10. The van der Waals surface area contributed by atoms with E-state index < -0.39 is 0 Å². The zero-order valence-electron chi connectivity index (χ0n) is 10.0. The molecule has 2 unspecified atom stereocenters. The second kappa shape index (κ2) is 5.41. The monoisotopic (exact) mass is 224 g/mol. The SMILES string of the molecule is CCCNC(c1cnnn1C)C1CCOC1. The van der Waals surface area contributed by atoms with Crippen molar-refractivity contribution >= 4 is 0 Å². The van der Waals surface area contributed by atoms with E-state index in [0.29, 0.717) is 12.0 Å². The van der Waals surface area contributed by atoms with Gasteiger partial charge in [-0.3, -0.25) is 4.68 Å². The first-order valence-corrected chi connectivity index (χ1v) is 5.98. The summed E-state index contributed by atoms with van der Waals surface area (Å²) in [6.45, 7) is 4.91. The maximum atomic E-state index is 5.47. The quantitative estimate of drug-likeness (QED) is 0.807. The Morgan fingerprint density at radius 1 is 1.69 bits per heavy atom. The molecule has 2 atom stereocenters. The summed E-state index contributed by atoms with van der Waals surface area (Å²) in [6, 6.07) is 0.322. The Hall–Kier alpha value is -0.940. The fourth-order valence-electron chi connectivity index (χ4n) is 2.21. The van der Waals surface area contributed by atoms with Crippen LogP contribution < -0.4 is 5.32 Å². The molecule has 90 valence electrons. The standard InChI is InChI=1S/C11H20N4O/c1-3-5-12-11(9-4-6-16-8-9)10-7-13-14-15(10)2/h7,9,11-12H,3-6,8H2,1-2H3. The van der Waals surface area contributed by atoms with Crippen molar-refractivity contribution in [3.63, 3.8) is 0 Å². The Kier molecular flexibility index (Phi) is 3.90. The van der Waals surface area contributed by atoms with Crippen LogP contribution in [0.3, 0.4) is 0 Å². The molecule has 2 rings (SSSR count). The molecule has 2 heterocycles. The van der Waals surface area contributed by atoms with Crippen LogP contribution in [0.15, 0.2) is 6.20 Å². The second-order valence-electron chi connectivity index (χ2n) is 4.34. The van der Waals surface area contributed by atoms with Gasteiger partial charge in [-0.15, -0.1) is 5.10 Å². The predicted molar refractivity (Wildman–Crippen MR) is 61.0 cm³/mol. The first-order chi connectivity index (χ1) is 7.83. The van der Waals surface area contributed by atoms with Gasteiger partial charge in [0.05, 0.1) is 24.5 Å². The molecule has 0 aromatic carbocycles. The number of aryl methyl sites for hydroxylation is 1. The second-order valence-corrected chi connectivity index (χ2v) is 4.34. The van der Waals surface area contributed by atoms with Crippen LogP contribution in [0.1, 0.15) is 31.5 Å². The third kappa shape index (κ3) is 2.41. The highest BCUT2D eigenvalue weighted by molar-refractivity contribution is 5.04. The van der Waals surface area contributed by atoms with Crippen LogP contribution in [0.25, 0.3) is 0 Å². The van der Waals surface area contributed by atoms with Gasteiger partial charge in [-0.05, 0) is 19.4 Å². The summed E-state index contributed by atoms with van der Waals surface area (Å²) >= 11 is 0. The molecule has 0 aliphatic carbocycles. The van der Waals surface area contributed by atoms with E-state index in [0.717, 1.165) is 38.3 Å². The highest BCUT2D eigenvalue weighted by atomic mass is 16.5. The average Bonchev–Trinajstić information content (AvgIpc) is 2.91. The maximum Gasteiger partial charge on any atom is 0.0756 e. The number of nitrogens with one attached hydrogen (secondary N) is 1. The van der Waals surface area contributed by atoms with Crippen LogP contribution >= 0.6 is 0 Å². The van der Waals surface area contributed by atoms with Gasteiger partial charge in [0.25, 0.3) is 0 Å². The lowest BCUT2D eigenvalue weighted by Crippen LogP contribution is -2.31. The van der Waals surface area contributed by atoms with E-state index in [1.807, 2.05) is 17.9 Å². The molecular weight excluding hydrogens is 204 g/mol. The van der Waals surface area contributed by atoms with Crippen LogP contribution in [0.4, 0.5) is 0 Å². The zero-order chi connectivity index (χ0) is 11.4. The third-order valence-electron chi connectivity index (χ3n) is 3.12. The van der Waals surface area contributed by atoms with Crippen molar-refractivity contribution in [2.24, 2.45) is 13.0 Å². The molecule has 0 saturated carbocycles. The number of nitrogens with zero attached hydrogens (tertiary/aromatic N) is 3. The van der Waals surface area contributed by atoms with Crippen LogP contribution in [-0.2, 0) is 11.8 Å². The maximum absolute atomic E-state index is 5.47. The minimum Gasteiger partial charge on any atom is -0.381 e. The van der Waals surface area contributed by atoms with Gasteiger partial charge in [-0.1, -0.05) is 12.1 Å². The van der Waals surface area contributed by atoms with Crippen LogP contribution in [-0.4, -0.2) is 34.8 Å². The van der Waals surface area contributed by atoms with Crippen molar-refractivity contribution in [1.82, 2.24) is 20.3 Å². The highest BCUT2D eigenvalue weighted by Gasteiger charge is 2.28. The minimum absolute atomic E-state index is 0.322. The summed E-state index contributed by atoms with van der Waals surface area (Å²) < 4.78 is 7.32. The number of ether oxygens (including phenoxy) is 1. The van der Waals surface area contributed by atoms with E-state index in [2.05, 4.69) is 22.6 Å². The highest BCUT2D eigenvalue weighted by Crippen LogP contribution is 2.27. The topological polar surface area (TPSA) is 52.0 Å². The lowest BCUT2D eigenvalue weighted by atomic mass is 9.96. The van der Waals surface area contributed by atoms with Crippen LogP contribution in [0.2, 0.25) is 0 Å². The van der Waals surface area contributed by atoms with Crippen molar-refractivity contribution in [2.45, 2.75) is 25.8 Å². The molecule has 1 aromatic rings. The number of hydrogen-bond donors (Lipinski definition) is 1. The molecule has 1 N–H and O–H groups in total. The van der Waals surface area contributed by atoms with Gasteiger partial charge in [-0.2, -0.15) is 0 Å². The Morgan fingerprint density at radius 2 is 2.56 bits per heavy atom. The first-order valence-electron chi connectivity index (χ1n) is 5.98. The van der Waals surface area contributed by atoms with E-state index >= 15 is 0 Å². The zero-order valence-corrected chi connectivity index (χ0v) is 10.0. The summed E-state index contributed by atoms with van der Waals surface area (Å²) in [6.07, 6.45) is 4.10. The van der Waals surface area contributed by atoms with E-state index in [-0.39, 0.29) is 0 Å². The summed E-state index contributed by atoms with van der Waals surface area (Å²) in [4.78, 5) is 0. The predicted octanol–water partition coefficient (Wildman–Crippen LogP) is 0.892. The van der Waals surface area contributed by atoms with E-state index in [1.165, 1.54) is 0 Å². The van der Waals surface area contributed by atoms with Gasteiger partial charge in [0.1, 0.15) is 0 Å². The van der Waals surface area contributed by atoms with Crippen molar-refractivity contribution in [3.8, 4) is 0 Å². The summed E-state index contributed by atoms with van der Waals surface area (Å²) in [5, 5.41) is 11.5. The van der Waals surface area contributed by atoms with Gasteiger partial charge in [0, 0.05) is 19.6 Å².